The fourth-order valence-electron chi connectivity index (χ4n) is 1.92. The van der Waals surface area contributed by atoms with Gasteiger partial charge in [0.15, 0.2) is 11.5 Å². The monoisotopic (exact) mass is 306 g/mol. The maximum absolute atomic E-state index is 6.07. The Morgan fingerprint density at radius 3 is 2.76 bits per heavy atom. The van der Waals surface area contributed by atoms with Crippen LogP contribution in [0.4, 0.5) is 0 Å². The molecule has 21 heavy (non-hydrogen) atoms. The number of methoxy groups -OCH3 is 1. The molecule has 1 heterocycles. The second kappa shape index (κ2) is 7.29. The molecule has 0 aliphatic rings. The maximum atomic E-state index is 6.07. The molecule has 1 atom stereocenters. The minimum Gasteiger partial charge on any atom is -0.493 e. The van der Waals surface area contributed by atoms with Gasteiger partial charge in [0.05, 0.1) is 12.1 Å². The Morgan fingerprint density at radius 1 is 1.29 bits per heavy atom. The van der Waals surface area contributed by atoms with Gasteiger partial charge in [-0.05, 0) is 37.7 Å². The summed E-state index contributed by atoms with van der Waals surface area (Å²) < 4.78 is 11.2. The first-order valence-electron chi connectivity index (χ1n) is 6.72. The lowest BCUT2D eigenvalue weighted by molar-refractivity contribution is 0.284. The summed E-state index contributed by atoms with van der Waals surface area (Å²) in [6, 6.07) is 8.00. The summed E-state index contributed by atoms with van der Waals surface area (Å²) in [5.41, 5.74) is 2.03. The molecular formula is C16H19ClN2O2. The van der Waals surface area contributed by atoms with Crippen LogP contribution in [0.25, 0.3) is 0 Å². The molecule has 2 rings (SSSR count). The van der Waals surface area contributed by atoms with Crippen molar-refractivity contribution in [2.24, 2.45) is 0 Å². The summed E-state index contributed by atoms with van der Waals surface area (Å²) in [7, 11) is 3.56. The highest BCUT2D eigenvalue weighted by Gasteiger charge is 2.10. The molecule has 0 saturated carbocycles. The van der Waals surface area contributed by atoms with E-state index in [1.54, 1.807) is 19.5 Å². The van der Waals surface area contributed by atoms with E-state index in [9.17, 15) is 0 Å². The lowest BCUT2D eigenvalue weighted by Crippen LogP contribution is -2.12. The minimum absolute atomic E-state index is 0.252. The summed E-state index contributed by atoms with van der Waals surface area (Å²) in [5, 5.41) is 3.79. The topological polar surface area (TPSA) is 43.4 Å². The lowest BCUT2D eigenvalue weighted by atomic mass is 10.1. The summed E-state index contributed by atoms with van der Waals surface area (Å²) >= 11 is 6.07. The first-order chi connectivity index (χ1) is 10.2. The van der Waals surface area contributed by atoms with Gasteiger partial charge in [-0.25, -0.2) is 0 Å². The number of hydrogen-bond donors (Lipinski definition) is 1. The lowest BCUT2D eigenvalue weighted by Gasteiger charge is -2.15. The Hall–Kier alpha value is -1.78. The normalized spacial score (nSPS) is 12.0. The van der Waals surface area contributed by atoms with Crippen LogP contribution in [0.2, 0.25) is 5.02 Å². The number of pyridine rings is 1. The van der Waals surface area contributed by atoms with Gasteiger partial charge in [0.25, 0.3) is 0 Å². The third kappa shape index (κ3) is 3.86. The summed E-state index contributed by atoms with van der Waals surface area (Å²) in [6.07, 6.45) is 3.30. The molecule has 4 nitrogen and oxygen atoms in total. The maximum Gasteiger partial charge on any atom is 0.161 e. The molecule has 1 aromatic heterocycles. The van der Waals surface area contributed by atoms with Gasteiger partial charge in [-0.2, -0.15) is 0 Å². The minimum atomic E-state index is 0.252. The molecular weight excluding hydrogens is 288 g/mol. The van der Waals surface area contributed by atoms with E-state index in [-0.39, 0.29) is 6.04 Å². The number of nitrogens with one attached hydrogen (secondary N) is 1. The molecule has 1 N–H and O–H groups in total. The van der Waals surface area contributed by atoms with E-state index in [4.69, 9.17) is 21.1 Å². The van der Waals surface area contributed by atoms with E-state index in [2.05, 4.69) is 17.2 Å². The van der Waals surface area contributed by atoms with Gasteiger partial charge >= 0.3 is 0 Å². The van der Waals surface area contributed by atoms with Crippen molar-refractivity contribution >= 4 is 11.6 Å². The van der Waals surface area contributed by atoms with Crippen molar-refractivity contribution < 1.29 is 9.47 Å². The fraction of sp³-hybridized carbons (Fsp3) is 0.312. The fourth-order valence-corrected chi connectivity index (χ4v) is 2.09. The molecule has 1 unspecified atom stereocenters. The average molecular weight is 307 g/mol. The molecule has 0 spiro atoms. The van der Waals surface area contributed by atoms with Crippen molar-refractivity contribution in [3.05, 3.63) is 52.8 Å². The second-order valence-corrected chi connectivity index (χ2v) is 5.08. The first kappa shape index (κ1) is 15.6. The Morgan fingerprint density at radius 2 is 2.10 bits per heavy atom. The number of nitrogens with zero attached hydrogens (tertiary/aromatic N) is 1. The summed E-state index contributed by atoms with van der Waals surface area (Å²) in [6.45, 7) is 2.46. The van der Waals surface area contributed by atoms with Gasteiger partial charge in [0.1, 0.15) is 6.61 Å². The highest BCUT2D eigenvalue weighted by Crippen LogP contribution is 2.31. The van der Waals surface area contributed by atoms with E-state index in [1.807, 2.05) is 31.3 Å². The van der Waals surface area contributed by atoms with Crippen LogP contribution in [-0.4, -0.2) is 19.1 Å². The summed E-state index contributed by atoms with van der Waals surface area (Å²) in [4.78, 5) is 3.95. The van der Waals surface area contributed by atoms with Crippen LogP contribution >= 0.6 is 11.6 Å². The van der Waals surface area contributed by atoms with Crippen molar-refractivity contribution in [1.82, 2.24) is 10.3 Å². The molecule has 0 amide bonds. The zero-order valence-electron chi connectivity index (χ0n) is 12.4. The quantitative estimate of drug-likeness (QED) is 0.885. The standard InChI is InChI=1S/C16H19ClN2O2/c1-11(18-2)12-4-5-15(16(8-12)20-3)21-10-13-6-7-19-9-14(13)17/h4-9,11,18H,10H2,1-3H3. The highest BCUT2D eigenvalue weighted by atomic mass is 35.5. The van der Waals surface area contributed by atoms with Gasteiger partial charge in [0.2, 0.25) is 0 Å². The third-order valence-electron chi connectivity index (χ3n) is 3.36. The van der Waals surface area contributed by atoms with Crippen molar-refractivity contribution in [3.8, 4) is 11.5 Å². The number of hydrogen-bond acceptors (Lipinski definition) is 4. The Labute approximate surface area is 130 Å². The van der Waals surface area contributed by atoms with Crippen molar-refractivity contribution in [2.45, 2.75) is 19.6 Å². The zero-order chi connectivity index (χ0) is 15.2. The third-order valence-corrected chi connectivity index (χ3v) is 3.70. The molecule has 0 bridgehead atoms. The van der Waals surface area contributed by atoms with Crippen LogP contribution in [-0.2, 0) is 6.61 Å². The van der Waals surface area contributed by atoms with Crippen molar-refractivity contribution in [1.29, 1.82) is 0 Å². The molecule has 5 heteroatoms. The number of aromatic nitrogens is 1. The van der Waals surface area contributed by atoms with E-state index >= 15 is 0 Å². The molecule has 1 aromatic carbocycles. The SMILES string of the molecule is CNC(C)c1ccc(OCc2ccncc2Cl)c(OC)c1. The number of halogens is 1. The molecule has 0 aliphatic heterocycles. The Balaban J connectivity index is 2.15. The van der Waals surface area contributed by atoms with Crippen molar-refractivity contribution in [2.75, 3.05) is 14.2 Å². The van der Waals surface area contributed by atoms with E-state index in [1.165, 1.54) is 0 Å². The van der Waals surface area contributed by atoms with Crippen LogP contribution in [0, 0.1) is 0 Å². The number of rotatable bonds is 6. The van der Waals surface area contributed by atoms with Crippen LogP contribution < -0.4 is 14.8 Å². The Kier molecular flexibility index (Phi) is 5.42. The second-order valence-electron chi connectivity index (χ2n) is 4.68. The van der Waals surface area contributed by atoms with Gasteiger partial charge in [-0.3, -0.25) is 4.98 Å². The zero-order valence-corrected chi connectivity index (χ0v) is 13.1. The highest BCUT2D eigenvalue weighted by molar-refractivity contribution is 6.31. The van der Waals surface area contributed by atoms with Gasteiger partial charge < -0.3 is 14.8 Å². The largest absolute Gasteiger partial charge is 0.493 e. The number of benzene rings is 1. The molecule has 0 saturated heterocycles. The van der Waals surface area contributed by atoms with Gasteiger partial charge in [-0.1, -0.05) is 17.7 Å². The van der Waals surface area contributed by atoms with Crippen molar-refractivity contribution in [3.63, 3.8) is 0 Å². The smallest absolute Gasteiger partial charge is 0.161 e. The van der Waals surface area contributed by atoms with E-state index in [0.29, 0.717) is 23.1 Å². The molecule has 0 fully saturated rings. The average Bonchev–Trinajstić information content (AvgIpc) is 2.53. The van der Waals surface area contributed by atoms with Crippen LogP contribution in [0.15, 0.2) is 36.7 Å². The predicted molar refractivity (Wildman–Crippen MR) is 84.0 cm³/mol. The van der Waals surface area contributed by atoms with E-state index in [0.717, 1.165) is 11.1 Å². The van der Waals surface area contributed by atoms with Crippen LogP contribution in [0.1, 0.15) is 24.1 Å². The van der Waals surface area contributed by atoms with Gasteiger partial charge in [0, 0.05) is 24.0 Å². The Bertz CT molecular complexity index is 605. The van der Waals surface area contributed by atoms with Gasteiger partial charge in [-0.15, -0.1) is 0 Å². The predicted octanol–water partition coefficient (Wildman–Crippen LogP) is 3.60. The first-order valence-corrected chi connectivity index (χ1v) is 7.10. The number of ether oxygens (including phenoxy) is 2. The van der Waals surface area contributed by atoms with Crippen LogP contribution in [0.5, 0.6) is 11.5 Å². The van der Waals surface area contributed by atoms with Crippen LogP contribution in [0.3, 0.4) is 0 Å². The molecule has 2 aromatic rings. The summed E-state index contributed by atoms with van der Waals surface area (Å²) in [5.74, 6) is 1.40. The molecule has 0 aliphatic carbocycles. The van der Waals surface area contributed by atoms with E-state index < -0.39 is 0 Å². The molecule has 112 valence electrons. The molecule has 0 radical (unpaired) electrons.